The van der Waals surface area contributed by atoms with Gasteiger partial charge in [-0.15, -0.1) is 0 Å². The van der Waals surface area contributed by atoms with Gasteiger partial charge in [-0.3, -0.25) is 4.79 Å². The van der Waals surface area contributed by atoms with Crippen LogP contribution in [0.25, 0.3) is 0 Å². The molecule has 1 aliphatic heterocycles. The lowest BCUT2D eigenvalue weighted by molar-refractivity contribution is 0.0692. The minimum absolute atomic E-state index is 0.0222. The fourth-order valence-corrected chi connectivity index (χ4v) is 3.14. The zero-order valence-corrected chi connectivity index (χ0v) is 14.1. The molecular weight excluding hydrogens is 304 g/mol. The highest BCUT2D eigenvalue weighted by Gasteiger charge is 2.37. The van der Waals surface area contributed by atoms with E-state index in [1.165, 1.54) is 6.07 Å². The second-order valence-corrected chi connectivity index (χ2v) is 6.50. The highest BCUT2D eigenvalue weighted by atomic mass is 16.5. The van der Waals surface area contributed by atoms with Gasteiger partial charge < -0.3 is 9.84 Å². The van der Waals surface area contributed by atoms with Gasteiger partial charge in [-0.05, 0) is 31.9 Å². The van der Waals surface area contributed by atoms with Crippen LogP contribution in [0.3, 0.4) is 0 Å². The summed E-state index contributed by atoms with van der Waals surface area (Å²) in [6.45, 7) is 6.05. The lowest BCUT2D eigenvalue weighted by Crippen LogP contribution is -2.29. The number of ether oxygens (including phenoxy) is 1. The maximum Gasteiger partial charge on any atom is 0.336 e. The predicted octanol–water partition coefficient (Wildman–Crippen LogP) is 4.03. The fraction of sp³-hybridized carbons (Fsp3) is 0.300. The van der Waals surface area contributed by atoms with Crippen LogP contribution < -0.4 is 4.74 Å². The Kier molecular flexibility index (Phi) is 3.91. The quantitative estimate of drug-likeness (QED) is 0.863. The van der Waals surface area contributed by atoms with Crippen molar-refractivity contribution in [2.75, 3.05) is 0 Å². The number of benzene rings is 2. The molecule has 1 N–H and O–H groups in total. The summed E-state index contributed by atoms with van der Waals surface area (Å²) < 4.78 is 6.11. The molecule has 1 heterocycles. The van der Waals surface area contributed by atoms with Gasteiger partial charge in [0.15, 0.2) is 5.78 Å². The molecule has 0 aliphatic carbocycles. The van der Waals surface area contributed by atoms with Crippen LogP contribution in [0, 0.1) is 6.92 Å². The minimum Gasteiger partial charge on any atom is -0.487 e. The van der Waals surface area contributed by atoms with E-state index in [4.69, 9.17) is 4.74 Å². The number of rotatable bonds is 4. The number of fused-ring (bicyclic) bond motifs is 1. The fourth-order valence-electron chi connectivity index (χ4n) is 3.14. The van der Waals surface area contributed by atoms with Crippen molar-refractivity contribution >= 4 is 11.8 Å². The SMILES string of the molecule is CCC1(C)Cc2c(C(=O)c3ccccc3C(=O)O)ccc(C)c2O1. The highest BCUT2D eigenvalue weighted by molar-refractivity contribution is 6.15. The number of aromatic carboxylic acids is 1. The Balaban J connectivity index is 2.12. The average Bonchev–Trinajstić information content (AvgIpc) is 2.94. The van der Waals surface area contributed by atoms with Crippen LogP contribution in [-0.2, 0) is 6.42 Å². The summed E-state index contributed by atoms with van der Waals surface area (Å²) in [5.74, 6) is -0.608. The van der Waals surface area contributed by atoms with Crippen LogP contribution in [0.5, 0.6) is 5.75 Å². The number of carbonyl (C=O) groups excluding carboxylic acids is 1. The number of hydrogen-bond acceptors (Lipinski definition) is 3. The topological polar surface area (TPSA) is 63.6 Å². The van der Waals surface area contributed by atoms with E-state index in [1.54, 1.807) is 24.3 Å². The van der Waals surface area contributed by atoms with Gasteiger partial charge in [-0.25, -0.2) is 4.79 Å². The number of ketones is 1. The minimum atomic E-state index is -1.10. The number of hydrogen-bond donors (Lipinski definition) is 1. The molecule has 0 saturated heterocycles. The van der Waals surface area contributed by atoms with Crippen molar-refractivity contribution in [3.8, 4) is 5.75 Å². The van der Waals surface area contributed by atoms with E-state index in [-0.39, 0.29) is 22.5 Å². The van der Waals surface area contributed by atoms with E-state index in [1.807, 2.05) is 19.9 Å². The van der Waals surface area contributed by atoms with Crippen LogP contribution in [-0.4, -0.2) is 22.5 Å². The standard InChI is InChI=1S/C20H20O4/c1-4-20(3)11-16-14(10-9-12(2)18(16)24-20)17(21)13-7-5-6-8-15(13)19(22)23/h5-10H,4,11H2,1-3H3,(H,22,23). The normalized spacial score (nSPS) is 18.8. The van der Waals surface area contributed by atoms with Crippen LogP contribution in [0.2, 0.25) is 0 Å². The first kappa shape index (κ1) is 16.2. The van der Waals surface area contributed by atoms with Crippen molar-refractivity contribution in [1.29, 1.82) is 0 Å². The molecule has 0 radical (unpaired) electrons. The van der Waals surface area contributed by atoms with Gasteiger partial charge in [0.25, 0.3) is 0 Å². The molecule has 0 amide bonds. The second-order valence-electron chi connectivity index (χ2n) is 6.50. The van der Waals surface area contributed by atoms with Gasteiger partial charge in [-0.2, -0.15) is 0 Å². The first-order chi connectivity index (χ1) is 11.4. The van der Waals surface area contributed by atoms with Crippen molar-refractivity contribution in [2.45, 2.75) is 39.2 Å². The summed E-state index contributed by atoms with van der Waals surface area (Å²) in [6.07, 6.45) is 1.48. The first-order valence-corrected chi connectivity index (χ1v) is 8.05. The number of carbonyl (C=O) groups is 2. The largest absolute Gasteiger partial charge is 0.487 e. The van der Waals surface area contributed by atoms with Crippen molar-refractivity contribution in [2.24, 2.45) is 0 Å². The Morgan fingerprint density at radius 3 is 2.42 bits per heavy atom. The van der Waals surface area contributed by atoms with E-state index >= 15 is 0 Å². The molecule has 2 aromatic rings. The molecule has 2 aromatic carbocycles. The van der Waals surface area contributed by atoms with Gasteiger partial charge in [-0.1, -0.05) is 37.3 Å². The van der Waals surface area contributed by atoms with E-state index in [2.05, 4.69) is 6.92 Å². The van der Waals surface area contributed by atoms with Crippen LogP contribution in [0.1, 0.15) is 57.7 Å². The summed E-state index contributed by atoms with van der Waals surface area (Å²) in [6, 6.07) is 9.96. The molecule has 0 fully saturated rings. The monoisotopic (exact) mass is 324 g/mol. The van der Waals surface area contributed by atoms with Gasteiger partial charge in [0.2, 0.25) is 0 Å². The van der Waals surface area contributed by atoms with Gasteiger partial charge in [0.1, 0.15) is 11.4 Å². The molecule has 0 bridgehead atoms. The Morgan fingerprint density at radius 2 is 1.79 bits per heavy atom. The molecule has 24 heavy (non-hydrogen) atoms. The van der Waals surface area contributed by atoms with Gasteiger partial charge in [0.05, 0.1) is 5.56 Å². The van der Waals surface area contributed by atoms with Crippen molar-refractivity contribution in [3.05, 3.63) is 64.2 Å². The smallest absolute Gasteiger partial charge is 0.336 e. The van der Waals surface area contributed by atoms with E-state index in [0.717, 1.165) is 23.3 Å². The molecule has 1 atom stereocenters. The summed E-state index contributed by atoms with van der Waals surface area (Å²) in [4.78, 5) is 24.4. The van der Waals surface area contributed by atoms with Crippen molar-refractivity contribution in [1.82, 2.24) is 0 Å². The molecule has 4 nitrogen and oxygen atoms in total. The summed E-state index contributed by atoms with van der Waals surface area (Å²) in [5.41, 5.74) is 2.31. The maximum atomic E-state index is 13.0. The van der Waals surface area contributed by atoms with Crippen LogP contribution >= 0.6 is 0 Å². The Bertz CT molecular complexity index is 838. The lowest BCUT2D eigenvalue weighted by Gasteiger charge is -2.21. The van der Waals surface area contributed by atoms with E-state index in [0.29, 0.717) is 12.0 Å². The van der Waals surface area contributed by atoms with Gasteiger partial charge in [0, 0.05) is 23.1 Å². The molecule has 4 heteroatoms. The third-order valence-corrected chi connectivity index (χ3v) is 4.75. The third kappa shape index (κ3) is 2.58. The number of aryl methyl sites for hydroxylation is 1. The first-order valence-electron chi connectivity index (χ1n) is 8.05. The third-order valence-electron chi connectivity index (χ3n) is 4.75. The Labute approximate surface area is 141 Å². The summed E-state index contributed by atoms with van der Waals surface area (Å²) in [5, 5.41) is 9.34. The predicted molar refractivity (Wildman–Crippen MR) is 91.0 cm³/mol. The Morgan fingerprint density at radius 1 is 1.12 bits per heavy atom. The zero-order chi connectivity index (χ0) is 17.5. The molecule has 1 unspecified atom stereocenters. The molecular formula is C20H20O4. The molecule has 0 aromatic heterocycles. The lowest BCUT2D eigenvalue weighted by atomic mass is 9.89. The van der Waals surface area contributed by atoms with E-state index in [9.17, 15) is 14.7 Å². The average molecular weight is 324 g/mol. The summed E-state index contributed by atoms with van der Waals surface area (Å²) >= 11 is 0. The van der Waals surface area contributed by atoms with Crippen molar-refractivity contribution < 1.29 is 19.4 Å². The Hall–Kier alpha value is -2.62. The number of carboxylic acids is 1. The zero-order valence-electron chi connectivity index (χ0n) is 14.1. The van der Waals surface area contributed by atoms with Crippen LogP contribution in [0.15, 0.2) is 36.4 Å². The maximum absolute atomic E-state index is 13.0. The van der Waals surface area contributed by atoms with Gasteiger partial charge >= 0.3 is 5.97 Å². The molecule has 1 aliphatic rings. The van der Waals surface area contributed by atoms with E-state index < -0.39 is 5.97 Å². The van der Waals surface area contributed by atoms with Crippen molar-refractivity contribution in [3.63, 3.8) is 0 Å². The highest BCUT2D eigenvalue weighted by Crippen LogP contribution is 2.41. The molecule has 124 valence electrons. The molecule has 0 spiro atoms. The molecule has 0 saturated carbocycles. The second kappa shape index (κ2) is 5.78. The number of carboxylic acid groups (broad SMARTS) is 1. The molecule has 3 rings (SSSR count). The van der Waals surface area contributed by atoms with Crippen LogP contribution in [0.4, 0.5) is 0 Å². The summed E-state index contributed by atoms with van der Waals surface area (Å²) in [7, 11) is 0.